The number of hydrogen-bond acceptors (Lipinski definition) is 7. The van der Waals surface area contributed by atoms with E-state index in [9.17, 15) is 24.9 Å². The van der Waals surface area contributed by atoms with Crippen LogP contribution in [0.2, 0.25) is 0 Å². The van der Waals surface area contributed by atoms with Crippen molar-refractivity contribution in [2.24, 2.45) is 5.92 Å². The van der Waals surface area contributed by atoms with Crippen molar-refractivity contribution >= 4 is 11.9 Å². The van der Waals surface area contributed by atoms with E-state index in [1.165, 1.54) is 0 Å². The fraction of sp³-hybridized carbons (Fsp3) is 0.579. The highest BCUT2D eigenvalue weighted by atomic mass is 16.7. The fourth-order valence-electron chi connectivity index (χ4n) is 2.92. The molecule has 4 N–H and O–H groups in total. The monoisotopic (exact) mass is 382 g/mol. The van der Waals surface area contributed by atoms with Crippen molar-refractivity contribution in [2.75, 3.05) is 0 Å². The van der Waals surface area contributed by atoms with Crippen LogP contribution in [0.1, 0.15) is 37.8 Å². The summed E-state index contributed by atoms with van der Waals surface area (Å²) in [6.07, 6.45) is -8.01. The van der Waals surface area contributed by atoms with E-state index in [1.807, 2.05) is 12.1 Å². The Morgan fingerprint density at radius 3 is 2.15 bits per heavy atom. The lowest BCUT2D eigenvalue weighted by Gasteiger charge is -2.38. The number of hydrogen-bond donors (Lipinski definition) is 4. The third-order valence-corrected chi connectivity index (χ3v) is 4.52. The van der Waals surface area contributed by atoms with Crippen LogP contribution in [0.4, 0.5) is 0 Å². The largest absolute Gasteiger partial charge is 0.479 e. The van der Waals surface area contributed by atoms with Crippen molar-refractivity contribution in [1.82, 2.24) is 0 Å². The van der Waals surface area contributed by atoms with E-state index >= 15 is 0 Å². The Morgan fingerprint density at radius 2 is 1.63 bits per heavy atom. The molecule has 1 aromatic carbocycles. The van der Waals surface area contributed by atoms with Crippen LogP contribution in [0.5, 0.6) is 0 Å². The van der Waals surface area contributed by atoms with Crippen molar-refractivity contribution < 1.29 is 39.5 Å². The highest BCUT2D eigenvalue weighted by molar-refractivity contribution is 5.78. The second kappa shape index (κ2) is 8.79. The van der Waals surface area contributed by atoms with Crippen LogP contribution >= 0.6 is 0 Å². The van der Waals surface area contributed by atoms with Gasteiger partial charge in [-0.2, -0.15) is 0 Å². The summed E-state index contributed by atoms with van der Waals surface area (Å²) in [4.78, 5) is 23.5. The number of rotatable bonds is 6. The topological polar surface area (TPSA) is 134 Å². The van der Waals surface area contributed by atoms with Crippen LogP contribution in [0.25, 0.3) is 0 Å². The molecule has 8 nitrogen and oxygen atoms in total. The number of carboxylic acids is 1. The maximum absolute atomic E-state index is 12.4. The highest BCUT2D eigenvalue weighted by Gasteiger charge is 2.48. The summed E-state index contributed by atoms with van der Waals surface area (Å²) in [5, 5.41) is 38.4. The predicted octanol–water partition coefficient (Wildman–Crippen LogP) is 0.424. The van der Waals surface area contributed by atoms with Gasteiger partial charge in [-0.25, -0.2) is 4.79 Å². The van der Waals surface area contributed by atoms with E-state index in [-0.39, 0.29) is 0 Å². The molecule has 6 atom stereocenters. The quantitative estimate of drug-likeness (QED) is 0.520. The number of ether oxygens (including phenoxy) is 2. The third kappa shape index (κ3) is 5.04. The van der Waals surface area contributed by atoms with Crippen LogP contribution in [0.3, 0.4) is 0 Å². The molecule has 1 heterocycles. The van der Waals surface area contributed by atoms with Gasteiger partial charge in [0.2, 0.25) is 6.29 Å². The molecular weight excluding hydrogens is 356 g/mol. The summed E-state index contributed by atoms with van der Waals surface area (Å²) >= 11 is 0. The third-order valence-electron chi connectivity index (χ3n) is 4.52. The van der Waals surface area contributed by atoms with E-state index in [2.05, 4.69) is 13.8 Å². The number of benzene rings is 1. The normalized spacial score (nSPS) is 29.4. The Hall–Kier alpha value is -2.00. The zero-order valence-electron chi connectivity index (χ0n) is 15.5. The molecule has 0 saturated carbocycles. The first kappa shape index (κ1) is 21.3. The van der Waals surface area contributed by atoms with Gasteiger partial charge < -0.3 is 29.9 Å². The summed E-state index contributed by atoms with van der Waals surface area (Å²) in [5.74, 6) is -2.47. The van der Waals surface area contributed by atoms with Gasteiger partial charge in [0.15, 0.2) is 6.10 Å². The van der Waals surface area contributed by atoms with E-state index in [1.54, 1.807) is 19.1 Å². The van der Waals surface area contributed by atoms with Crippen molar-refractivity contribution in [1.29, 1.82) is 0 Å². The molecule has 1 unspecified atom stereocenters. The summed E-state index contributed by atoms with van der Waals surface area (Å²) in [7, 11) is 0. The molecule has 1 aliphatic rings. The van der Waals surface area contributed by atoms with Gasteiger partial charge in [0.1, 0.15) is 18.3 Å². The Labute approximate surface area is 157 Å². The molecular formula is C19H26O8. The number of aliphatic hydroxyl groups excluding tert-OH is 3. The van der Waals surface area contributed by atoms with Gasteiger partial charge in [-0.05, 0) is 30.4 Å². The Kier molecular flexibility index (Phi) is 6.94. The van der Waals surface area contributed by atoms with E-state index in [4.69, 9.17) is 14.6 Å². The molecule has 1 fully saturated rings. The lowest BCUT2D eigenvalue weighted by molar-refractivity contribution is -0.286. The van der Waals surface area contributed by atoms with E-state index in [0.29, 0.717) is 11.5 Å². The second-order valence-electron chi connectivity index (χ2n) is 7.23. The second-order valence-corrected chi connectivity index (χ2v) is 7.23. The smallest absolute Gasteiger partial charge is 0.335 e. The van der Waals surface area contributed by atoms with Gasteiger partial charge in [0, 0.05) is 0 Å². The number of aliphatic hydroxyl groups is 3. The number of esters is 1. The summed E-state index contributed by atoms with van der Waals surface area (Å²) in [5.41, 5.74) is 1.83. The van der Waals surface area contributed by atoms with Gasteiger partial charge in [0.05, 0.1) is 5.92 Å². The highest BCUT2D eigenvalue weighted by Crippen LogP contribution is 2.25. The number of carbonyl (C=O) groups excluding carboxylic acids is 1. The van der Waals surface area contributed by atoms with Crippen molar-refractivity contribution in [3.8, 4) is 0 Å². The predicted molar refractivity (Wildman–Crippen MR) is 93.8 cm³/mol. The molecule has 1 aromatic rings. The molecule has 150 valence electrons. The van der Waals surface area contributed by atoms with Crippen LogP contribution < -0.4 is 0 Å². The van der Waals surface area contributed by atoms with Crippen molar-refractivity contribution in [2.45, 2.75) is 63.8 Å². The molecule has 0 aromatic heterocycles. The molecule has 1 aliphatic heterocycles. The molecule has 27 heavy (non-hydrogen) atoms. The Morgan fingerprint density at radius 1 is 1.04 bits per heavy atom. The summed E-state index contributed by atoms with van der Waals surface area (Å²) in [6, 6.07) is 7.46. The van der Waals surface area contributed by atoms with Crippen LogP contribution in [0, 0.1) is 5.92 Å². The average molecular weight is 382 g/mol. The lowest BCUT2D eigenvalue weighted by atomic mass is 9.96. The van der Waals surface area contributed by atoms with Crippen molar-refractivity contribution in [3.63, 3.8) is 0 Å². The zero-order valence-corrected chi connectivity index (χ0v) is 15.5. The number of carbonyl (C=O) groups is 2. The standard InChI is InChI=1S/C19H26O8/c1-9(2)8-11-4-6-12(7-5-11)10(3)18(25)27-19-15(22)13(20)14(21)16(26-19)17(23)24/h4-7,9-10,13-16,19-22H,8H2,1-3H3,(H,23,24)/t10-,13+,14+,15-,16+,19?/m1/s1. The van der Waals surface area contributed by atoms with Crippen molar-refractivity contribution in [3.05, 3.63) is 35.4 Å². The minimum absolute atomic E-state index is 0.507. The van der Waals surface area contributed by atoms with Gasteiger partial charge in [0.25, 0.3) is 0 Å². The SMILES string of the molecule is CC(C)Cc1ccc([C@@H](C)C(=O)OC2O[C@H](C(=O)O)[C@@H](O)[C@H](O)[C@H]2O)cc1. The molecule has 0 spiro atoms. The number of aliphatic carboxylic acids is 1. The molecule has 8 heteroatoms. The van der Waals surface area contributed by atoms with Crippen LogP contribution in [-0.4, -0.2) is 63.1 Å². The Balaban J connectivity index is 2.05. The lowest BCUT2D eigenvalue weighted by Crippen LogP contribution is -2.60. The van der Waals surface area contributed by atoms with Gasteiger partial charge in [-0.3, -0.25) is 4.79 Å². The average Bonchev–Trinajstić information content (AvgIpc) is 2.61. The first-order chi connectivity index (χ1) is 12.6. The van der Waals surface area contributed by atoms with Gasteiger partial charge in [-0.15, -0.1) is 0 Å². The van der Waals surface area contributed by atoms with E-state index < -0.39 is 48.6 Å². The minimum Gasteiger partial charge on any atom is -0.479 e. The maximum atomic E-state index is 12.4. The molecule has 0 radical (unpaired) electrons. The van der Waals surface area contributed by atoms with Gasteiger partial charge in [-0.1, -0.05) is 38.1 Å². The molecule has 1 saturated heterocycles. The number of carboxylic acid groups (broad SMARTS) is 1. The van der Waals surface area contributed by atoms with E-state index in [0.717, 1.165) is 12.0 Å². The van der Waals surface area contributed by atoms with Crippen LogP contribution in [0.15, 0.2) is 24.3 Å². The van der Waals surface area contributed by atoms with Gasteiger partial charge >= 0.3 is 11.9 Å². The first-order valence-corrected chi connectivity index (χ1v) is 8.83. The summed E-state index contributed by atoms with van der Waals surface area (Å²) < 4.78 is 10.0. The first-order valence-electron chi connectivity index (χ1n) is 8.83. The fourth-order valence-corrected chi connectivity index (χ4v) is 2.92. The minimum atomic E-state index is -1.83. The maximum Gasteiger partial charge on any atom is 0.335 e. The molecule has 2 rings (SSSR count). The Bertz CT molecular complexity index is 656. The molecule has 0 amide bonds. The van der Waals surface area contributed by atoms with Crippen LogP contribution in [-0.2, 0) is 25.5 Å². The molecule has 0 aliphatic carbocycles. The summed E-state index contributed by atoms with van der Waals surface area (Å²) in [6.45, 7) is 5.83. The zero-order chi connectivity index (χ0) is 20.3. The molecule has 0 bridgehead atoms.